The molecule has 0 bridgehead atoms. The highest BCUT2D eigenvalue weighted by molar-refractivity contribution is 9.10. The van der Waals surface area contributed by atoms with Crippen LogP contribution >= 0.6 is 15.9 Å². The summed E-state index contributed by atoms with van der Waals surface area (Å²) in [4.78, 5) is 14.5. The van der Waals surface area contributed by atoms with Crippen molar-refractivity contribution in [1.82, 2.24) is 14.7 Å². The molecular formula is C14H23BrN4O. The smallest absolute Gasteiger partial charge is 0.283 e. The lowest BCUT2D eigenvalue weighted by Gasteiger charge is -2.32. The Labute approximate surface area is 128 Å². The van der Waals surface area contributed by atoms with Crippen LogP contribution in [0.3, 0.4) is 0 Å². The second-order valence-electron chi connectivity index (χ2n) is 5.73. The largest absolute Gasteiger partial charge is 0.381 e. The van der Waals surface area contributed by atoms with Crippen molar-refractivity contribution in [3.8, 4) is 0 Å². The highest BCUT2D eigenvalue weighted by Gasteiger charge is 2.19. The van der Waals surface area contributed by atoms with Gasteiger partial charge in [0.2, 0.25) is 0 Å². The molecule has 0 spiro atoms. The Morgan fingerprint density at radius 3 is 2.90 bits per heavy atom. The van der Waals surface area contributed by atoms with Crippen LogP contribution in [0.15, 0.2) is 15.5 Å². The monoisotopic (exact) mass is 342 g/mol. The number of aromatic nitrogens is 2. The lowest BCUT2D eigenvalue weighted by molar-refractivity contribution is 0.194. The maximum atomic E-state index is 12.1. The van der Waals surface area contributed by atoms with Crippen molar-refractivity contribution in [2.24, 2.45) is 0 Å². The van der Waals surface area contributed by atoms with Crippen LogP contribution in [0.25, 0.3) is 0 Å². The molecule has 2 rings (SSSR count). The normalized spacial score (nSPS) is 20.4. The molecule has 0 saturated carbocycles. The zero-order valence-electron chi connectivity index (χ0n) is 12.4. The summed E-state index contributed by atoms with van der Waals surface area (Å²) in [5.41, 5.74) is 0.702. The minimum Gasteiger partial charge on any atom is -0.381 e. The summed E-state index contributed by atoms with van der Waals surface area (Å²) in [6.45, 7) is 5.90. The van der Waals surface area contributed by atoms with E-state index in [9.17, 15) is 4.79 Å². The summed E-state index contributed by atoms with van der Waals surface area (Å²) < 4.78 is 2.06. The Bertz CT molecular complexity index is 514. The van der Waals surface area contributed by atoms with Gasteiger partial charge in [0, 0.05) is 12.6 Å². The van der Waals surface area contributed by atoms with Gasteiger partial charge >= 0.3 is 0 Å². The molecule has 1 aromatic rings. The van der Waals surface area contributed by atoms with Crippen LogP contribution in [0.2, 0.25) is 0 Å². The fraction of sp³-hybridized carbons (Fsp3) is 0.714. The van der Waals surface area contributed by atoms with Crippen LogP contribution in [0.4, 0.5) is 5.69 Å². The number of likely N-dealkylation sites (tertiary alicyclic amines) is 1. The molecule has 5 nitrogen and oxygen atoms in total. The molecule has 1 saturated heterocycles. The molecule has 0 aromatic carbocycles. The summed E-state index contributed by atoms with van der Waals surface area (Å²) >= 11 is 3.39. The van der Waals surface area contributed by atoms with Gasteiger partial charge in [-0.05, 0) is 56.2 Å². The fourth-order valence-electron chi connectivity index (χ4n) is 2.57. The summed E-state index contributed by atoms with van der Waals surface area (Å²) in [6.07, 6.45) is 5.50. The number of piperidine rings is 1. The molecule has 0 radical (unpaired) electrons. The first-order chi connectivity index (χ1) is 9.50. The van der Waals surface area contributed by atoms with E-state index in [1.165, 1.54) is 23.9 Å². The van der Waals surface area contributed by atoms with Crippen molar-refractivity contribution >= 4 is 21.6 Å². The quantitative estimate of drug-likeness (QED) is 0.913. The van der Waals surface area contributed by atoms with Gasteiger partial charge in [-0.3, -0.25) is 4.79 Å². The zero-order chi connectivity index (χ0) is 14.7. The summed E-state index contributed by atoms with van der Waals surface area (Å²) in [6, 6.07) is 0.598. The third kappa shape index (κ3) is 3.41. The second kappa shape index (κ2) is 6.72. The van der Waals surface area contributed by atoms with E-state index in [1.807, 2.05) is 13.8 Å². The van der Waals surface area contributed by atoms with Crippen molar-refractivity contribution in [2.75, 3.05) is 25.5 Å². The maximum Gasteiger partial charge on any atom is 0.283 e. The number of hydrogen-bond acceptors (Lipinski definition) is 4. The van der Waals surface area contributed by atoms with Crippen LogP contribution < -0.4 is 10.9 Å². The van der Waals surface area contributed by atoms with Gasteiger partial charge in [-0.15, -0.1) is 0 Å². The first-order valence-electron chi connectivity index (χ1n) is 7.22. The highest BCUT2D eigenvalue weighted by Crippen LogP contribution is 2.20. The molecule has 20 heavy (non-hydrogen) atoms. The molecule has 0 amide bonds. The van der Waals surface area contributed by atoms with E-state index < -0.39 is 0 Å². The van der Waals surface area contributed by atoms with Gasteiger partial charge in [-0.1, -0.05) is 6.42 Å². The Balaban J connectivity index is 2.06. The number of anilines is 1. The van der Waals surface area contributed by atoms with E-state index in [0.29, 0.717) is 10.5 Å². The van der Waals surface area contributed by atoms with Gasteiger partial charge in [0.25, 0.3) is 5.56 Å². The van der Waals surface area contributed by atoms with Crippen LogP contribution in [-0.4, -0.2) is 40.9 Å². The average Bonchev–Trinajstić information content (AvgIpc) is 2.41. The van der Waals surface area contributed by atoms with Gasteiger partial charge in [0.05, 0.1) is 17.9 Å². The molecule has 1 atom stereocenters. The summed E-state index contributed by atoms with van der Waals surface area (Å²) in [7, 11) is 2.16. The Morgan fingerprint density at radius 2 is 2.25 bits per heavy atom. The Morgan fingerprint density at radius 1 is 1.50 bits per heavy atom. The van der Waals surface area contributed by atoms with E-state index in [-0.39, 0.29) is 11.6 Å². The molecule has 1 aromatic heterocycles. The number of nitrogens with one attached hydrogen (secondary N) is 1. The molecule has 1 aliphatic rings. The van der Waals surface area contributed by atoms with E-state index in [1.54, 1.807) is 6.20 Å². The van der Waals surface area contributed by atoms with Crippen molar-refractivity contribution in [1.29, 1.82) is 0 Å². The fourth-order valence-corrected chi connectivity index (χ4v) is 2.99. The van der Waals surface area contributed by atoms with Gasteiger partial charge in [-0.2, -0.15) is 5.10 Å². The average molecular weight is 343 g/mol. The zero-order valence-corrected chi connectivity index (χ0v) is 14.0. The number of likely N-dealkylation sites (N-methyl/N-ethyl adjacent to an activating group) is 1. The SMILES string of the molecule is CC(C)n1ncc(NCC2CCCCN2C)c(Br)c1=O. The number of halogens is 1. The topological polar surface area (TPSA) is 50.2 Å². The molecule has 1 fully saturated rings. The first kappa shape index (κ1) is 15.5. The van der Waals surface area contributed by atoms with E-state index in [0.717, 1.165) is 18.8 Å². The van der Waals surface area contributed by atoms with E-state index in [4.69, 9.17) is 0 Å². The van der Waals surface area contributed by atoms with E-state index in [2.05, 4.69) is 38.3 Å². The maximum absolute atomic E-state index is 12.1. The standard InChI is InChI=1S/C14H23BrN4O/c1-10(2)19-14(20)13(15)12(9-17-19)16-8-11-6-4-5-7-18(11)3/h9-11,16H,4-8H2,1-3H3. The van der Waals surface area contributed by atoms with Gasteiger partial charge in [0.15, 0.2) is 0 Å². The second-order valence-corrected chi connectivity index (χ2v) is 6.52. The predicted molar refractivity (Wildman–Crippen MR) is 85.3 cm³/mol. The van der Waals surface area contributed by atoms with Crippen LogP contribution in [0.1, 0.15) is 39.2 Å². The summed E-state index contributed by atoms with van der Waals surface area (Å²) in [5, 5.41) is 7.58. The molecule has 0 aliphatic carbocycles. The Kier molecular flexibility index (Phi) is 5.21. The molecule has 1 aliphatic heterocycles. The van der Waals surface area contributed by atoms with Crippen LogP contribution in [-0.2, 0) is 0 Å². The lowest BCUT2D eigenvalue weighted by Crippen LogP contribution is -2.41. The third-order valence-electron chi connectivity index (χ3n) is 3.88. The van der Waals surface area contributed by atoms with Crippen molar-refractivity contribution in [3.05, 3.63) is 21.0 Å². The number of rotatable bonds is 4. The number of hydrogen-bond donors (Lipinski definition) is 1. The van der Waals surface area contributed by atoms with Crippen molar-refractivity contribution < 1.29 is 0 Å². The Hall–Kier alpha value is -0.880. The lowest BCUT2D eigenvalue weighted by atomic mass is 10.0. The van der Waals surface area contributed by atoms with Gasteiger partial charge in [0.1, 0.15) is 4.47 Å². The molecular weight excluding hydrogens is 320 g/mol. The van der Waals surface area contributed by atoms with Crippen LogP contribution in [0, 0.1) is 0 Å². The number of nitrogens with zero attached hydrogens (tertiary/aromatic N) is 3. The van der Waals surface area contributed by atoms with Crippen molar-refractivity contribution in [3.63, 3.8) is 0 Å². The molecule has 112 valence electrons. The van der Waals surface area contributed by atoms with Crippen molar-refractivity contribution in [2.45, 2.75) is 45.2 Å². The molecule has 1 N–H and O–H groups in total. The molecule has 2 heterocycles. The molecule has 1 unspecified atom stereocenters. The highest BCUT2D eigenvalue weighted by atomic mass is 79.9. The van der Waals surface area contributed by atoms with Crippen LogP contribution in [0.5, 0.6) is 0 Å². The third-order valence-corrected chi connectivity index (χ3v) is 4.65. The minimum absolute atomic E-state index is 0.0670. The summed E-state index contributed by atoms with van der Waals surface area (Å²) in [5.74, 6) is 0. The van der Waals surface area contributed by atoms with E-state index >= 15 is 0 Å². The molecule has 6 heteroatoms. The predicted octanol–water partition coefficient (Wildman–Crippen LogP) is 2.48. The van der Waals surface area contributed by atoms with Gasteiger partial charge in [-0.25, -0.2) is 4.68 Å². The first-order valence-corrected chi connectivity index (χ1v) is 8.01. The van der Waals surface area contributed by atoms with Gasteiger partial charge < -0.3 is 10.2 Å². The minimum atomic E-state index is -0.0815.